The lowest BCUT2D eigenvalue weighted by molar-refractivity contribution is -0.115. The highest BCUT2D eigenvalue weighted by Gasteiger charge is 2.32. The van der Waals surface area contributed by atoms with E-state index in [1.807, 2.05) is 36.4 Å². The maximum atomic E-state index is 13.9. The number of thioether (sulfide) groups is 1. The van der Waals surface area contributed by atoms with Gasteiger partial charge < -0.3 is 10.6 Å². The number of hydrogen-bond acceptors (Lipinski definition) is 5. The number of fused-ring (bicyclic) bond motifs is 2. The molecule has 5 aromatic carbocycles. The SMILES string of the molecule is O=C(Nc1cccc(SC(C(=O)Nc2cccc3c2C(=O)c2ccccc2C3=O)c2ccccc2)c1)c1ccc(Cl)cc1Cl. The number of benzene rings is 5. The molecule has 2 amide bonds. The van der Waals surface area contributed by atoms with Gasteiger partial charge in [0.25, 0.3) is 5.91 Å². The molecule has 0 spiro atoms. The summed E-state index contributed by atoms with van der Waals surface area (Å²) in [6.07, 6.45) is 0. The fourth-order valence-corrected chi connectivity index (χ4v) is 6.58. The second kappa shape index (κ2) is 12.5. The van der Waals surface area contributed by atoms with Gasteiger partial charge in [0, 0.05) is 32.3 Å². The molecule has 6 nitrogen and oxygen atoms in total. The van der Waals surface area contributed by atoms with E-state index in [0.29, 0.717) is 26.7 Å². The maximum absolute atomic E-state index is 13.9. The molecule has 1 aliphatic rings. The summed E-state index contributed by atoms with van der Waals surface area (Å²) >= 11 is 13.5. The van der Waals surface area contributed by atoms with Crippen molar-refractivity contribution in [1.29, 1.82) is 0 Å². The summed E-state index contributed by atoms with van der Waals surface area (Å²) in [5.74, 6) is -1.37. The molecule has 44 heavy (non-hydrogen) atoms. The van der Waals surface area contributed by atoms with E-state index in [2.05, 4.69) is 10.6 Å². The van der Waals surface area contributed by atoms with Gasteiger partial charge >= 0.3 is 0 Å². The van der Waals surface area contributed by atoms with Crippen LogP contribution in [-0.4, -0.2) is 23.4 Å². The quantitative estimate of drug-likeness (QED) is 0.171. The van der Waals surface area contributed by atoms with E-state index < -0.39 is 11.2 Å². The zero-order valence-corrected chi connectivity index (χ0v) is 25.2. The molecular weight excluding hydrogens is 615 g/mol. The number of amides is 2. The van der Waals surface area contributed by atoms with Crippen LogP contribution in [0.5, 0.6) is 0 Å². The molecule has 0 radical (unpaired) electrons. The van der Waals surface area contributed by atoms with Crippen molar-refractivity contribution < 1.29 is 19.2 Å². The standard InChI is InChI=1S/C35H22Cl2N2O4S/c36-21-16-17-26(28(37)18-21)34(42)38-22-10-6-11-23(19-22)44-33(20-8-2-1-3-9-20)35(43)39-29-15-7-14-27-30(29)32(41)25-13-5-4-12-24(25)31(27)40/h1-19,33H,(H,38,42)(H,39,43). The third-order valence-electron chi connectivity index (χ3n) is 7.07. The van der Waals surface area contributed by atoms with Crippen LogP contribution in [0, 0.1) is 0 Å². The van der Waals surface area contributed by atoms with E-state index in [9.17, 15) is 19.2 Å². The summed E-state index contributed by atoms with van der Waals surface area (Å²) in [5.41, 5.74) is 2.86. The van der Waals surface area contributed by atoms with Crippen molar-refractivity contribution in [3.8, 4) is 0 Å². The Balaban J connectivity index is 1.28. The molecule has 216 valence electrons. The van der Waals surface area contributed by atoms with Crippen LogP contribution in [0.15, 0.2) is 120 Å². The number of carbonyl (C=O) groups is 4. The predicted octanol–water partition coefficient (Wildman–Crippen LogP) is 8.49. The lowest BCUT2D eigenvalue weighted by Crippen LogP contribution is -2.25. The van der Waals surface area contributed by atoms with E-state index in [-0.39, 0.29) is 44.9 Å². The molecule has 9 heteroatoms. The third-order valence-corrected chi connectivity index (χ3v) is 8.87. The van der Waals surface area contributed by atoms with Crippen LogP contribution in [0.4, 0.5) is 11.4 Å². The average molecular weight is 638 g/mol. The van der Waals surface area contributed by atoms with Crippen molar-refractivity contribution in [3.63, 3.8) is 0 Å². The van der Waals surface area contributed by atoms with E-state index in [1.165, 1.54) is 17.8 Å². The molecule has 1 aliphatic carbocycles. The van der Waals surface area contributed by atoms with Crippen LogP contribution >= 0.6 is 35.0 Å². The topological polar surface area (TPSA) is 92.3 Å². The first-order valence-corrected chi connectivity index (χ1v) is 15.1. The van der Waals surface area contributed by atoms with Gasteiger partial charge in [0.05, 0.1) is 21.8 Å². The fourth-order valence-electron chi connectivity index (χ4n) is 5.00. The van der Waals surface area contributed by atoms with Gasteiger partial charge in [0.1, 0.15) is 5.25 Å². The second-order valence-corrected chi connectivity index (χ2v) is 12.0. The van der Waals surface area contributed by atoms with E-state index in [0.717, 1.165) is 5.56 Å². The maximum Gasteiger partial charge on any atom is 0.257 e. The Hall–Kier alpha value is -4.69. The van der Waals surface area contributed by atoms with Crippen LogP contribution in [0.25, 0.3) is 0 Å². The number of rotatable bonds is 7. The highest BCUT2D eigenvalue weighted by molar-refractivity contribution is 8.00. The first-order valence-electron chi connectivity index (χ1n) is 13.5. The highest BCUT2D eigenvalue weighted by atomic mass is 35.5. The summed E-state index contributed by atoms with van der Waals surface area (Å²) in [6, 6.07) is 32.5. The highest BCUT2D eigenvalue weighted by Crippen LogP contribution is 2.39. The number of hydrogen-bond donors (Lipinski definition) is 2. The number of carbonyl (C=O) groups excluding carboxylic acids is 4. The molecule has 5 aromatic rings. The third kappa shape index (κ3) is 5.90. The Labute approximate surface area is 267 Å². The van der Waals surface area contributed by atoms with Crippen LogP contribution in [-0.2, 0) is 4.79 Å². The first-order chi connectivity index (χ1) is 21.3. The lowest BCUT2D eigenvalue weighted by Gasteiger charge is -2.22. The van der Waals surface area contributed by atoms with Crippen molar-refractivity contribution in [2.75, 3.05) is 10.6 Å². The van der Waals surface area contributed by atoms with E-state index in [4.69, 9.17) is 23.2 Å². The lowest BCUT2D eigenvalue weighted by atomic mass is 9.83. The largest absolute Gasteiger partial charge is 0.324 e. The fraction of sp³-hybridized carbons (Fsp3) is 0.0286. The van der Waals surface area contributed by atoms with Crippen LogP contribution in [0.2, 0.25) is 10.0 Å². The summed E-state index contributed by atoms with van der Waals surface area (Å²) in [5, 5.41) is 5.69. The van der Waals surface area contributed by atoms with Gasteiger partial charge in [-0.3, -0.25) is 19.2 Å². The number of ketones is 2. The molecule has 1 unspecified atom stereocenters. The van der Waals surface area contributed by atoms with Crippen molar-refractivity contribution in [2.45, 2.75) is 10.1 Å². The first kappa shape index (κ1) is 29.4. The normalized spacial score (nSPS) is 12.6. The minimum Gasteiger partial charge on any atom is -0.324 e. The van der Waals surface area contributed by atoms with Crippen molar-refractivity contribution in [1.82, 2.24) is 0 Å². The summed E-state index contributed by atoms with van der Waals surface area (Å²) in [7, 11) is 0. The van der Waals surface area contributed by atoms with Gasteiger partial charge in [-0.15, -0.1) is 11.8 Å². The Morgan fingerprint density at radius 2 is 1.34 bits per heavy atom. The Kier molecular flexibility index (Phi) is 8.35. The van der Waals surface area contributed by atoms with Gasteiger partial charge in [0.15, 0.2) is 11.6 Å². The van der Waals surface area contributed by atoms with Gasteiger partial charge in [-0.2, -0.15) is 0 Å². The van der Waals surface area contributed by atoms with Crippen molar-refractivity contribution in [3.05, 3.63) is 159 Å². The molecule has 6 rings (SSSR count). The molecule has 0 saturated heterocycles. The zero-order valence-electron chi connectivity index (χ0n) is 22.8. The van der Waals surface area contributed by atoms with E-state index >= 15 is 0 Å². The molecule has 2 N–H and O–H groups in total. The number of anilines is 2. The minimum atomic E-state index is -0.731. The zero-order chi connectivity index (χ0) is 30.8. The van der Waals surface area contributed by atoms with E-state index in [1.54, 1.807) is 72.8 Å². The predicted molar refractivity (Wildman–Crippen MR) is 174 cm³/mol. The van der Waals surface area contributed by atoms with Crippen LogP contribution in [0.1, 0.15) is 53.0 Å². The molecular formula is C35H22Cl2N2O4S. The van der Waals surface area contributed by atoms with Gasteiger partial charge in [0.2, 0.25) is 5.91 Å². The molecule has 0 fully saturated rings. The Morgan fingerprint density at radius 1 is 0.659 bits per heavy atom. The summed E-state index contributed by atoms with van der Waals surface area (Å²) in [6.45, 7) is 0. The average Bonchev–Trinajstić information content (AvgIpc) is 3.03. The minimum absolute atomic E-state index is 0.173. The molecule has 0 bridgehead atoms. The van der Waals surface area contributed by atoms with Crippen LogP contribution < -0.4 is 10.6 Å². The smallest absolute Gasteiger partial charge is 0.257 e. The van der Waals surface area contributed by atoms with Gasteiger partial charge in [-0.1, -0.05) is 96.0 Å². The van der Waals surface area contributed by atoms with Crippen molar-refractivity contribution >= 4 is 69.7 Å². The molecule has 0 aliphatic heterocycles. The number of halogens is 2. The number of nitrogens with one attached hydrogen (secondary N) is 2. The Bertz CT molecular complexity index is 1960. The van der Waals surface area contributed by atoms with Gasteiger partial charge in [-0.25, -0.2) is 0 Å². The van der Waals surface area contributed by atoms with Crippen LogP contribution in [0.3, 0.4) is 0 Å². The molecule has 0 saturated carbocycles. The Morgan fingerprint density at radius 3 is 2.09 bits per heavy atom. The second-order valence-electron chi connectivity index (χ2n) is 9.94. The molecule has 0 aromatic heterocycles. The summed E-state index contributed by atoms with van der Waals surface area (Å²) in [4.78, 5) is 54.2. The molecule has 1 atom stereocenters. The van der Waals surface area contributed by atoms with Gasteiger partial charge in [-0.05, 0) is 48.0 Å². The monoisotopic (exact) mass is 636 g/mol. The molecule has 0 heterocycles. The van der Waals surface area contributed by atoms with Crippen molar-refractivity contribution in [2.24, 2.45) is 0 Å². The summed E-state index contributed by atoms with van der Waals surface area (Å²) < 4.78 is 0.